The van der Waals surface area contributed by atoms with Crippen molar-refractivity contribution in [1.82, 2.24) is 0 Å². The highest BCUT2D eigenvalue weighted by atomic mass is 16.5. The van der Waals surface area contributed by atoms with Crippen LogP contribution in [0.2, 0.25) is 0 Å². The van der Waals surface area contributed by atoms with Gasteiger partial charge in [-0.25, -0.2) is 4.79 Å². The van der Waals surface area contributed by atoms with Crippen LogP contribution in [0.15, 0.2) is 48.6 Å². The summed E-state index contributed by atoms with van der Waals surface area (Å²) in [6.45, 7) is 1.61. The van der Waals surface area contributed by atoms with E-state index in [0.717, 1.165) is 11.6 Å². The molecule has 26 heavy (non-hydrogen) atoms. The number of esters is 1. The Balaban J connectivity index is 2.79. The summed E-state index contributed by atoms with van der Waals surface area (Å²) in [7, 11) is 2.82. The maximum absolute atomic E-state index is 11.3. The number of benzene rings is 1. The maximum Gasteiger partial charge on any atom is 0.330 e. The zero-order chi connectivity index (χ0) is 19.5. The Morgan fingerprint density at radius 1 is 1.04 bits per heavy atom. The molecular formula is C19H26O7. The first kappa shape index (κ1) is 21.9. The van der Waals surface area contributed by atoms with Crippen molar-refractivity contribution in [2.45, 2.75) is 37.9 Å². The zero-order valence-electron chi connectivity index (χ0n) is 15.1. The van der Waals surface area contributed by atoms with E-state index >= 15 is 0 Å². The van der Waals surface area contributed by atoms with Gasteiger partial charge < -0.3 is 29.5 Å². The van der Waals surface area contributed by atoms with Crippen LogP contribution in [0.5, 0.6) is 5.75 Å². The molecule has 1 aromatic carbocycles. The second-order valence-electron chi connectivity index (χ2n) is 5.61. The summed E-state index contributed by atoms with van der Waals surface area (Å²) in [5, 5.41) is 29.1. The van der Waals surface area contributed by atoms with E-state index in [1.807, 2.05) is 12.1 Å². The molecule has 0 aliphatic rings. The van der Waals surface area contributed by atoms with Crippen molar-refractivity contribution in [1.29, 1.82) is 0 Å². The molecule has 1 aromatic rings. The number of aliphatic hydroxyl groups excluding tert-OH is 3. The van der Waals surface area contributed by atoms with Gasteiger partial charge in [0.25, 0.3) is 0 Å². The van der Waals surface area contributed by atoms with Gasteiger partial charge in [0.05, 0.1) is 33.0 Å². The maximum atomic E-state index is 11.3. The molecule has 0 aliphatic carbocycles. The lowest BCUT2D eigenvalue weighted by atomic mass is 10.1. The van der Waals surface area contributed by atoms with Crippen molar-refractivity contribution in [3.63, 3.8) is 0 Å². The molecule has 0 amide bonds. The lowest BCUT2D eigenvalue weighted by Gasteiger charge is -2.19. The van der Waals surface area contributed by atoms with Gasteiger partial charge in [-0.3, -0.25) is 0 Å². The molecule has 0 fully saturated rings. The summed E-state index contributed by atoms with van der Waals surface area (Å²) in [6, 6.07) is 7.21. The third kappa shape index (κ3) is 7.79. The largest absolute Gasteiger partial charge is 0.497 e. The zero-order valence-corrected chi connectivity index (χ0v) is 15.1. The monoisotopic (exact) mass is 366 g/mol. The molecule has 0 aromatic heterocycles. The van der Waals surface area contributed by atoms with Crippen molar-refractivity contribution >= 4 is 5.97 Å². The Kier molecular flexibility index (Phi) is 9.61. The van der Waals surface area contributed by atoms with Crippen LogP contribution in [0.1, 0.15) is 12.5 Å². The van der Waals surface area contributed by atoms with Crippen molar-refractivity contribution in [3.8, 4) is 5.75 Å². The number of rotatable bonds is 10. The molecule has 3 N–H and O–H groups in total. The Hall–Kier alpha value is -2.19. The minimum Gasteiger partial charge on any atom is -0.497 e. The number of ether oxygens (including phenoxy) is 3. The second kappa shape index (κ2) is 11.4. The fourth-order valence-electron chi connectivity index (χ4n) is 1.92. The van der Waals surface area contributed by atoms with Gasteiger partial charge in [-0.15, -0.1) is 0 Å². The molecule has 0 radical (unpaired) electrons. The first-order valence-electron chi connectivity index (χ1n) is 8.10. The predicted molar refractivity (Wildman–Crippen MR) is 95.6 cm³/mol. The number of aliphatic hydroxyl groups is 3. The average molecular weight is 366 g/mol. The smallest absolute Gasteiger partial charge is 0.330 e. The van der Waals surface area contributed by atoms with Gasteiger partial charge in [-0.1, -0.05) is 24.3 Å². The van der Waals surface area contributed by atoms with Crippen molar-refractivity contribution < 1.29 is 34.3 Å². The number of methoxy groups -OCH3 is 2. The van der Waals surface area contributed by atoms with Gasteiger partial charge in [0.2, 0.25) is 0 Å². The fraction of sp³-hybridized carbons (Fsp3) is 0.421. The van der Waals surface area contributed by atoms with Crippen LogP contribution in [0.4, 0.5) is 0 Å². The molecule has 0 bridgehead atoms. The summed E-state index contributed by atoms with van der Waals surface area (Å²) < 4.78 is 15.3. The molecule has 0 heterocycles. The standard InChI is InChI=1S/C19H26O7/c1-13(20)16(21)8-9-17(22)18(10-11-19(23)25-3)26-12-14-4-6-15(24-2)7-5-14/h4-11,13,16-18,20-22H,12H2,1-3H3/b9-8+,11-10-/t13-,16-,17+,18+/m0/s1. The van der Waals surface area contributed by atoms with E-state index in [2.05, 4.69) is 4.74 Å². The molecule has 0 saturated carbocycles. The van der Waals surface area contributed by atoms with Gasteiger partial charge in [-0.05, 0) is 30.7 Å². The predicted octanol–water partition coefficient (Wildman–Crippen LogP) is 0.968. The molecule has 0 saturated heterocycles. The molecule has 1 rings (SSSR count). The second-order valence-corrected chi connectivity index (χ2v) is 5.61. The molecule has 7 heteroatoms. The Morgan fingerprint density at radius 2 is 1.65 bits per heavy atom. The number of carbonyl (C=O) groups excluding carboxylic acids is 1. The lowest BCUT2D eigenvalue weighted by molar-refractivity contribution is -0.134. The topological polar surface area (TPSA) is 105 Å². The van der Waals surface area contributed by atoms with Crippen molar-refractivity contribution in [2.75, 3.05) is 14.2 Å². The van der Waals surface area contributed by atoms with E-state index in [1.165, 1.54) is 32.3 Å². The number of hydrogen-bond acceptors (Lipinski definition) is 7. The van der Waals surface area contributed by atoms with E-state index in [1.54, 1.807) is 19.2 Å². The quantitative estimate of drug-likeness (QED) is 0.322. The van der Waals surface area contributed by atoms with E-state index in [4.69, 9.17) is 9.47 Å². The number of hydrogen-bond donors (Lipinski definition) is 3. The first-order chi connectivity index (χ1) is 12.4. The van der Waals surface area contributed by atoms with Gasteiger partial charge in [-0.2, -0.15) is 0 Å². The van der Waals surface area contributed by atoms with Crippen LogP contribution in [-0.4, -0.2) is 59.9 Å². The molecule has 4 atom stereocenters. The van der Waals surface area contributed by atoms with E-state index in [9.17, 15) is 20.1 Å². The van der Waals surface area contributed by atoms with Gasteiger partial charge in [0.15, 0.2) is 0 Å². The molecule has 0 aliphatic heterocycles. The van der Waals surface area contributed by atoms with Crippen LogP contribution < -0.4 is 4.74 Å². The van der Waals surface area contributed by atoms with Gasteiger partial charge >= 0.3 is 5.97 Å². The third-order valence-corrected chi connectivity index (χ3v) is 3.56. The third-order valence-electron chi connectivity index (χ3n) is 3.56. The van der Waals surface area contributed by atoms with E-state index in [-0.39, 0.29) is 6.61 Å². The molecular weight excluding hydrogens is 340 g/mol. The molecule has 144 valence electrons. The highest BCUT2D eigenvalue weighted by Gasteiger charge is 2.16. The van der Waals surface area contributed by atoms with Crippen LogP contribution >= 0.6 is 0 Å². The Morgan fingerprint density at radius 3 is 2.19 bits per heavy atom. The summed E-state index contributed by atoms with van der Waals surface area (Å²) in [4.78, 5) is 11.3. The lowest BCUT2D eigenvalue weighted by Crippen LogP contribution is -2.27. The highest BCUT2D eigenvalue weighted by Crippen LogP contribution is 2.14. The molecule has 0 spiro atoms. The minimum absolute atomic E-state index is 0.185. The van der Waals surface area contributed by atoms with Gasteiger partial charge in [0.1, 0.15) is 18.0 Å². The summed E-state index contributed by atoms with van der Waals surface area (Å²) in [6.07, 6.45) is 1.03. The van der Waals surface area contributed by atoms with Crippen LogP contribution in [0.25, 0.3) is 0 Å². The van der Waals surface area contributed by atoms with E-state index < -0.39 is 30.4 Å². The summed E-state index contributed by atoms with van der Waals surface area (Å²) >= 11 is 0. The summed E-state index contributed by atoms with van der Waals surface area (Å²) in [5.74, 6) is 0.134. The molecule has 7 nitrogen and oxygen atoms in total. The Bertz CT molecular complexity index is 592. The van der Waals surface area contributed by atoms with Crippen LogP contribution in [0, 0.1) is 0 Å². The van der Waals surface area contributed by atoms with Crippen LogP contribution in [0.3, 0.4) is 0 Å². The Labute approximate surface area is 153 Å². The summed E-state index contributed by atoms with van der Waals surface area (Å²) in [5.41, 5.74) is 0.850. The van der Waals surface area contributed by atoms with E-state index in [0.29, 0.717) is 5.75 Å². The van der Waals surface area contributed by atoms with Crippen molar-refractivity contribution in [2.24, 2.45) is 0 Å². The normalized spacial score (nSPS) is 16.4. The van der Waals surface area contributed by atoms with Crippen LogP contribution in [-0.2, 0) is 20.9 Å². The SMILES string of the molecule is COC(=O)/C=C\[C@@H](OCc1ccc(OC)cc1)[C@H](O)/C=C/[C@H](O)[C@H](C)O. The first-order valence-corrected chi connectivity index (χ1v) is 8.10. The molecule has 0 unspecified atom stereocenters. The highest BCUT2D eigenvalue weighted by molar-refractivity contribution is 5.81. The van der Waals surface area contributed by atoms with Gasteiger partial charge in [0, 0.05) is 6.08 Å². The number of carbonyl (C=O) groups is 1. The van der Waals surface area contributed by atoms with Crippen molar-refractivity contribution in [3.05, 3.63) is 54.1 Å². The fourth-order valence-corrected chi connectivity index (χ4v) is 1.92. The minimum atomic E-state index is -1.14. The average Bonchev–Trinajstić information content (AvgIpc) is 2.65.